The van der Waals surface area contributed by atoms with Crippen molar-refractivity contribution in [1.82, 2.24) is 5.32 Å². The Kier molecular flexibility index (Phi) is 6.96. The molecule has 3 rings (SSSR count). The highest BCUT2D eigenvalue weighted by molar-refractivity contribution is 6.00. The molecule has 0 aliphatic carbocycles. The monoisotopic (exact) mass is 372 g/mol. The fourth-order valence-electron chi connectivity index (χ4n) is 3.07. The fourth-order valence-corrected chi connectivity index (χ4v) is 3.07. The van der Waals surface area contributed by atoms with E-state index in [1.807, 2.05) is 66.7 Å². The highest BCUT2D eigenvalue weighted by Gasteiger charge is 2.16. The van der Waals surface area contributed by atoms with Crippen LogP contribution >= 0.6 is 0 Å². The number of aldehydes is 1. The van der Waals surface area contributed by atoms with Gasteiger partial charge in [0.05, 0.1) is 11.6 Å². The predicted octanol–water partition coefficient (Wildman–Crippen LogP) is 3.88. The van der Waals surface area contributed by atoms with Gasteiger partial charge in [0.25, 0.3) is 5.91 Å². The summed E-state index contributed by atoms with van der Waals surface area (Å²) in [4.78, 5) is 24.2. The van der Waals surface area contributed by atoms with Gasteiger partial charge in [-0.3, -0.25) is 4.79 Å². The summed E-state index contributed by atoms with van der Waals surface area (Å²) >= 11 is 0. The molecule has 0 fully saturated rings. The third-order valence-electron chi connectivity index (χ3n) is 4.52. The Labute approximate surface area is 165 Å². The topological polar surface area (TPSA) is 58.2 Å². The maximum atomic E-state index is 12.7. The van der Waals surface area contributed by atoms with E-state index in [9.17, 15) is 9.59 Å². The van der Waals surface area contributed by atoms with E-state index in [1.54, 1.807) is 6.07 Å². The average molecular weight is 372 g/mol. The number of hydrogen-bond acceptors (Lipinski definition) is 3. The van der Waals surface area contributed by atoms with Gasteiger partial charge in [-0.1, -0.05) is 72.8 Å². The number of carbonyl (C=O) groups excluding carboxylic acids is 2. The largest absolute Gasteiger partial charge is 0.384 e. The van der Waals surface area contributed by atoms with Gasteiger partial charge in [-0.15, -0.1) is 0 Å². The standard InChI is InChI=1S/C24H24N2O2/c27-18-21(17-20-11-5-2-6-12-20)26-24(28)22-13-7-8-14-23(22)25-16-15-19-9-3-1-4-10-19/h1-14,18,21,25H,15-17H2,(H,26,28). The van der Waals surface area contributed by atoms with Crippen molar-refractivity contribution in [3.63, 3.8) is 0 Å². The van der Waals surface area contributed by atoms with Crippen LogP contribution in [0.5, 0.6) is 0 Å². The van der Waals surface area contributed by atoms with Crippen LogP contribution in [0.1, 0.15) is 21.5 Å². The molecule has 1 unspecified atom stereocenters. The molecule has 0 aliphatic rings. The quantitative estimate of drug-likeness (QED) is 0.561. The summed E-state index contributed by atoms with van der Waals surface area (Å²) in [5.74, 6) is -0.254. The summed E-state index contributed by atoms with van der Waals surface area (Å²) in [6, 6.07) is 26.7. The molecule has 0 radical (unpaired) electrons. The summed E-state index contributed by atoms with van der Waals surface area (Å²) in [6.07, 6.45) is 2.12. The van der Waals surface area contributed by atoms with Crippen molar-refractivity contribution >= 4 is 17.9 Å². The molecular weight excluding hydrogens is 348 g/mol. The van der Waals surface area contributed by atoms with E-state index in [-0.39, 0.29) is 5.91 Å². The van der Waals surface area contributed by atoms with Gasteiger partial charge < -0.3 is 15.4 Å². The van der Waals surface area contributed by atoms with Crippen molar-refractivity contribution < 1.29 is 9.59 Å². The first-order chi connectivity index (χ1) is 13.8. The van der Waals surface area contributed by atoms with E-state index in [0.717, 1.165) is 30.5 Å². The Morgan fingerprint density at radius 1 is 0.821 bits per heavy atom. The van der Waals surface area contributed by atoms with Gasteiger partial charge in [0, 0.05) is 12.2 Å². The maximum absolute atomic E-state index is 12.7. The van der Waals surface area contributed by atoms with E-state index >= 15 is 0 Å². The first-order valence-corrected chi connectivity index (χ1v) is 9.43. The van der Waals surface area contributed by atoms with Crippen molar-refractivity contribution in [3.8, 4) is 0 Å². The molecule has 2 N–H and O–H groups in total. The molecule has 4 heteroatoms. The molecule has 28 heavy (non-hydrogen) atoms. The van der Waals surface area contributed by atoms with Crippen LogP contribution in [-0.4, -0.2) is 24.8 Å². The molecule has 0 aromatic heterocycles. The Hall–Kier alpha value is -3.40. The van der Waals surface area contributed by atoms with Gasteiger partial charge in [0.2, 0.25) is 0 Å². The van der Waals surface area contributed by atoms with Crippen molar-refractivity contribution in [2.24, 2.45) is 0 Å². The summed E-state index contributed by atoms with van der Waals surface area (Å²) in [7, 11) is 0. The molecule has 0 saturated heterocycles. The fraction of sp³-hybridized carbons (Fsp3) is 0.167. The first kappa shape index (κ1) is 19.4. The second kappa shape index (κ2) is 10.1. The summed E-state index contributed by atoms with van der Waals surface area (Å²) in [5, 5.41) is 6.17. The molecule has 142 valence electrons. The molecule has 1 atom stereocenters. The van der Waals surface area contributed by atoms with Crippen molar-refractivity contribution in [2.45, 2.75) is 18.9 Å². The molecule has 3 aromatic rings. The molecule has 0 spiro atoms. The van der Waals surface area contributed by atoms with Gasteiger partial charge in [0.1, 0.15) is 6.29 Å². The van der Waals surface area contributed by atoms with Crippen LogP contribution in [0.3, 0.4) is 0 Å². The zero-order valence-electron chi connectivity index (χ0n) is 15.7. The van der Waals surface area contributed by atoms with Crippen LogP contribution in [0.15, 0.2) is 84.9 Å². The van der Waals surface area contributed by atoms with Crippen LogP contribution in [0, 0.1) is 0 Å². The second-order valence-electron chi connectivity index (χ2n) is 6.61. The molecule has 4 nitrogen and oxygen atoms in total. The smallest absolute Gasteiger partial charge is 0.253 e. The van der Waals surface area contributed by atoms with Gasteiger partial charge in [-0.05, 0) is 36.1 Å². The van der Waals surface area contributed by atoms with Gasteiger partial charge in [0.15, 0.2) is 0 Å². The van der Waals surface area contributed by atoms with E-state index in [2.05, 4.69) is 22.8 Å². The number of rotatable bonds is 9. The SMILES string of the molecule is O=CC(Cc1ccccc1)NC(=O)c1ccccc1NCCc1ccccc1. The van der Waals surface area contributed by atoms with E-state index < -0.39 is 6.04 Å². The number of para-hydroxylation sites is 1. The summed E-state index contributed by atoms with van der Waals surface area (Å²) in [5.41, 5.74) is 3.55. The van der Waals surface area contributed by atoms with E-state index in [0.29, 0.717) is 12.0 Å². The molecule has 0 heterocycles. The number of carbonyl (C=O) groups is 2. The van der Waals surface area contributed by atoms with Crippen LogP contribution in [0.25, 0.3) is 0 Å². The Balaban J connectivity index is 1.62. The molecule has 0 bridgehead atoms. The number of anilines is 1. The lowest BCUT2D eigenvalue weighted by Gasteiger charge is -2.16. The molecule has 0 saturated carbocycles. The highest BCUT2D eigenvalue weighted by atomic mass is 16.2. The van der Waals surface area contributed by atoms with E-state index in [4.69, 9.17) is 0 Å². The normalized spacial score (nSPS) is 11.4. The number of hydrogen-bond donors (Lipinski definition) is 2. The van der Waals surface area contributed by atoms with Crippen molar-refractivity contribution in [1.29, 1.82) is 0 Å². The van der Waals surface area contributed by atoms with Crippen LogP contribution in [0.4, 0.5) is 5.69 Å². The number of nitrogens with one attached hydrogen (secondary N) is 2. The number of benzene rings is 3. The second-order valence-corrected chi connectivity index (χ2v) is 6.61. The average Bonchev–Trinajstić information content (AvgIpc) is 2.75. The Morgan fingerprint density at radius 2 is 1.43 bits per heavy atom. The maximum Gasteiger partial charge on any atom is 0.253 e. The molecule has 0 aliphatic heterocycles. The van der Waals surface area contributed by atoms with Crippen LogP contribution < -0.4 is 10.6 Å². The minimum absolute atomic E-state index is 0.254. The lowest BCUT2D eigenvalue weighted by Crippen LogP contribution is -2.38. The first-order valence-electron chi connectivity index (χ1n) is 9.43. The zero-order chi connectivity index (χ0) is 19.6. The van der Waals surface area contributed by atoms with Gasteiger partial charge in [-0.2, -0.15) is 0 Å². The molecular formula is C24H24N2O2. The minimum atomic E-state index is -0.563. The summed E-state index contributed by atoms with van der Waals surface area (Å²) < 4.78 is 0. The zero-order valence-corrected chi connectivity index (χ0v) is 15.7. The summed E-state index contributed by atoms with van der Waals surface area (Å²) in [6.45, 7) is 0.718. The highest BCUT2D eigenvalue weighted by Crippen LogP contribution is 2.15. The minimum Gasteiger partial charge on any atom is -0.384 e. The predicted molar refractivity (Wildman–Crippen MR) is 113 cm³/mol. The van der Waals surface area contributed by atoms with Crippen LogP contribution in [0.2, 0.25) is 0 Å². The molecule has 1 amide bonds. The van der Waals surface area contributed by atoms with Crippen molar-refractivity contribution in [2.75, 3.05) is 11.9 Å². The Morgan fingerprint density at radius 3 is 2.11 bits per heavy atom. The number of amides is 1. The third-order valence-corrected chi connectivity index (χ3v) is 4.52. The van der Waals surface area contributed by atoms with E-state index in [1.165, 1.54) is 5.56 Å². The lowest BCUT2D eigenvalue weighted by molar-refractivity contribution is -0.109. The van der Waals surface area contributed by atoms with Crippen LogP contribution in [-0.2, 0) is 17.6 Å². The lowest BCUT2D eigenvalue weighted by atomic mass is 10.1. The van der Waals surface area contributed by atoms with Crippen molar-refractivity contribution in [3.05, 3.63) is 102 Å². The van der Waals surface area contributed by atoms with Gasteiger partial charge >= 0.3 is 0 Å². The van der Waals surface area contributed by atoms with Gasteiger partial charge in [-0.25, -0.2) is 0 Å². The third kappa shape index (κ3) is 5.55. The Bertz CT molecular complexity index is 895. The molecule has 3 aromatic carbocycles.